The van der Waals surface area contributed by atoms with Crippen LogP contribution in [0.25, 0.3) is 10.8 Å². The molecule has 0 fully saturated rings. The van der Waals surface area contributed by atoms with Gasteiger partial charge < -0.3 is 9.15 Å². The average Bonchev–Trinajstić information content (AvgIpc) is 2.99. The lowest BCUT2D eigenvalue weighted by atomic mass is 10.3. The summed E-state index contributed by atoms with van der Waals surface area (Å²) in [5.74, 6) is 1.15. The van der Waals surface area contributed by atoms with Crippen molar-refractivity contribution >= 4 is 17.3 Å². The predicted octanol–water partition coefficient (Wildman–Crippen LogP) is 2.32. The number of likely N-dealkylation sites (N-methyl/N-ethyl adjacent to an activating group) is 1. The molecule has 0 amide bonds. The van der Waals surface area contributed by atoms with Crippen molar-refractivity contribution in [3.8, 4) is 10.8 Å². The van der Waals surface area contributed by atoms with E-state index in [1.54, 1.807) is 11.3 Å². The van der Waals surface area contributed by atoms with Gasteiger partial charge in [0.1, 0.15) is 5.76 Å². The lowest BCUT2D eigenvalue weighted by Crippen LogP contribution is -2.26. The van der Waals surface area contributed by atoms with E-state index in [0.29, 0.717) is 12.4 Å². The lowest BCUT2D eigenvalue weighted by Gasteiger charge is -2.13. The number of hydrogen-bond acceptors (Lipinski definition) is 6. The van der Waals surface area contributed by atoms with Crippen molar-refractivity contribution in [3.63, 3.8) is 0 Å². The third kappa shape index (κ3) is 3.42. The number of oxazole rings is 1. The van der Waals surface area contributed by atoms with Gasteiger partial charge in [0.25, 0.3) is 0 Å². The van der Waals surface area contributed by atoms with Crippen LogP contribution < -0.4 is 0 Å². The van der Waals surface area contributed by atoms with Gasteiger partial charge in [-0.25, -0.2) is 4.98 Å². The summed E-state index contributed by atoms with van der Waals surface area (Å²) in [6.45, 7) is 2.67. The first-order valence-corrected chi connectivity index (χ1v) is 6.73. The maximum Gasteiger partial charge on any atom is 0.319 e. The summed E-state index contributed by atoms with van der Waals surface area (Å²) in [5.41, 5.74) is 0.842. The molecule has 0 aromatic carbocycles. The predicted molar refractivity (Wildman–Crippen MR) is 72.9 cm³/mol. The number of carbonyl (C=O) groups is 1. The summed E-state index contributed by atoms with van der Waals surface area (Å²) in [6, 6.07) is 3.93. The van der Waals surface area contributed by atoms with Crippen molar-refractivity contribution in [2.24, 2.45) is 0 Å². The molecule has 2 heterocycles. The largest absolute Gasteiger partial charge is 0.468 e. The molecule has 0 atom stereocenters. The van der Waals surface area contributed by atoms with Gasteiger partial charge in [0, 0.05) is 6.54 Å². The van der Waals surface area contributed by atoms with Crippen LogP contribution in [0.4, 0.5) is 0 Å². The molecule has 0 spiro atoms. The fourth-order valence-electron chi connectivity index (χ4n) is 1.68. The van der Waals surface area contributed by atoms with Gasteiger partial charge in [0.05, 0.1) is 24.2 Å². The zero-order valence-electron chi connectivity index (χ0n) is 11.2. The zero-order chi connectivity index (χ0) is 13.8. The highest BCUT2D eigenvalue weighted by atomic mass is 32.1. The van der Waals surface area contributed by atoms with Crippen molar-refractivity contribution < 1.29 is 13.9 Å². The van der Waals surface area contributed by atoms with Gasteiger partial charge in [-0.3, -0.25) is 9.69 Å². The van der Waals surface area contributed by atoms with E-state index in [1.165, 1.54) is 7.11 Å². The van der Waals surface area contributed by atoms with Crippen molar-refractivity contribution in [3.05, 3.63) is 29.0 Å². The lowest BCUT2D eigenvalue weighted by molar-refractivity contribution is -0.141. The molecule has 5 nitrogen and oxygen atoms in total. The zero-order valence-corrected chi connectivity index (χ0v) is 12.0. The van der Waals surface area contributed by atoms with Gasteiger partial charge in [-0.15, -0.1) is 11.3 Å². The molecule has 19 heavy (non-hydrogen) atoms. The third-order valence-corrected chi connectivity index (χ3v) is 3.53. The van der Waals surface area contributed by atoms with E-state index in [2.05, 4.69) is 9.72 Å². The minimum absolute atomic E-state index is 0.233. The maximum atomic E-state index is 11.2. The van der Waals surface area contributed by atoms with E-state index in [9.17, 15) is 4.79 Å². The molecular formula is C13H16N2O3S. The first-order chi connectivity index (χ1) is 9.10. The van der Waals surface area contributed by atoms with E-state index in [4.69, 9.17) is 4.42 Å². The van der Waals surface area contributed by atoms with E-state index in [0.717, 1.165) is 16.3 Å². The fraction of sp³-hybridized carbons (Fsp3) is 0.385. The maximum absolute atomic E-state index is 11.2. The average molecular weight is 280 g/mol. The number of hydrogen-bond donors (Lipinski definition) is 0. The Morgan fingerprint density at radius 1 is 1.58 bits per heavy atom. The van der Waals surface area contributed by atoms with E-state index >= 15 is 0 Å². The Hall–Kier alpha value is -1.66. The highest BCUT2D eigenvalue weighted by Crippen LogP contribution is 2.26. The van der Waals surface area contributed by atoms with Gasteiger partial charge in [-0.2, -0.15) is 0 Å². The Morgan fingerprint density at radius 3 is 3.00 bits per heavy atom. The third-order valence-electron chi connectivity index (χ3n) is 2.67. The summed E-state index contributed by atoms with van der Waals surface area (Å²) in [4.78, 5) is 18.5. The van der Waals surface area contributed by atoms with Crippen molar-refractivity contribution in [1.82, 2.24) is 9.88 Å². The van der Waals surface area contributed by atoms with E-state index in [-0.39, 0.29) is 12.5 Å². The molecule has 0 bridgehead atoms. The van der Waals surface area contributed by atoms with E-state index < -0.39 is 0 Å². The van der Waals surface area contributed by atoms with Crippen molar-refractivity contribution in [1.29, 1.82) is 0 Å². The molecule has 0 N–H and O–H groups in total. The topological polar surface area (TPSA) is 55.6 Å². The molecule has 0 saturated heterocycles. The summed E-state index contributed by atoms with van der Waals surface area (Å²) < 4.78 is 10.3. The number of thiophene rings is 1. The molecule has 0 aliphatic carbocycles. The monoisotopic (exact) mass is 280 g/mol. The molecule has 6 heteroatoms. The number of carbonyl (C=O) groups excluding carboxylic acids is 1. The Morgan fingerprint density at radius 2 is 2.37 bits per heavy atom. The molecule has 2 aromatic rings. The summed E-state index contributed by atoms with van der Waals surface area (Å²) in [5, 5.41) is 1.98. The number of nitrogens with zero attached hydrogens (tertiary/aromatic N) is 2. The second kappa shape index (κ2) is 5.99. The standard InChI is InChI=1S/C13H16N2O3S/c1-9-10(7-15(2)8-12(16)17-3)14-13(18-9)11-5-4-6-19-11/h4-6H,7-8H2,1-3H3. The van der Waals surface area contributed by atoms with E-state index in [1.807, 2.05) is 36.4 Å². The van der Waals surface area contributed by atoms with Crippen LogP contribution >= 0.6 is 11.3 Å². The minimum Gasteiger partial charge on any atom is -0.468 e. The molecule has 0 unspecified atom stereocenters. The van der Waals surface area contributed by atoms with Gasteiger partial charge in [-0.1, -0.05) is 6.07 Å². The van der Waals surface area contributed by atoms with Crippen LogP contribution in [0, 0.1) is 6.92 Å². The molecule has 102 valence electrons. The molecule has 2 aromatic heterocycles. The van der Waals surface area contributed by atoms with Crippen LogP contribution in [0.15, 0.2) is 21.9 Å². The Bertz CT molecular complexity index is 548. The number of rotatable bonds is 5. The number of aryl methyl sites for hydroxylation is 1. The summed E-state index contributed by atoms with van der Waals surface area (Å²) in [6.07, 6.45) is 0. The van der Waals surface area contributed by atoms with Crippen LogP contribution in [0.2, 0.25) is 0 Å². The number of ether oxygens (including phenoxy) is 1. The van der Waals surface area contributed by atoms with Crippen molar-refractivity contribution in [2.45, 2.75) is 13.5 Å². The second-order valence-corrected chi connectivity index (χ2v) is 5.20. The first-order valence-electron chi connectivity index (χ1n) is 5.85. The Kier molecular flexibility index (Phi) is 4.34. The molecule has 0 saturated carbocycles. The van der Waals surface area contributed by atoms with Gasteiger partial charge in [-0.05, 0) is 25.4 Å². The van der Waals surface area contributed by atoms with Gasteiger partial charge >= 0.3 is 5.97 Å². The molecule has 0 aliphatic heterocycles. The number of aromatic nitrogens is 1. The summed E-state index contributed by atoms with van der Waals surface area (Å²) in [7, 11) is 3.22. The van der Waals surface area contributed by atoms with Crippen LogP contribution in [-0.2, 0) is 16.1 Å². The van der Waals surface area contributed by atoms with Crippen LogP contribution in [-0.4, -0.2) is 36.6 Å². The molecule has 0 aliphatic rings. The van der Waals surface area contributed by atoms with Gasteiger partial charge in [0.2, 0.25) is 5.89 Å². The SMILES string of the molecule is COC(=O)CN(C)Cc1nc(-c2cccs2)oc1C. The second-order valence-electron chi connectivity index (χ2n) is 4.25. The number of methoxy groups -OCH3 is 1. The highest BCUT2D eigenvalue weighted by Gasteiger charge is 2.15. The van der Waals surface area contributed by atoms with Gasteiger partial charge in [0.15, 0.2) is 0 Å². The number of esters is 1. The summed E-state index contributed by atoms with van der Waals surface area (Å²) >= 11 is 1.59. The molecule has 0 radical (unpaired) electrons. The molecular weight excluding hydrogens is 264 g/mol. The van der Waals surface area contributed by atoms with Crippen LogP contribution in [0.3, 0.4) is 0 Å². The first kappa shape index (κ1) is 13.8. The fourth-order valence-corrected chi connectivity index (χ4v) is 2.33. The van der Waals surface area contributed by atoms with Crippen LogP contribution in [0.1, 0.15) is 11.5 Å². The Balaban J connectivity index is 2.07. The van der Waals surface area contributed by atoms with Crippen LogP contribution in [0.5, 0.6) is 0 Å². The smallest absolute Gasteiger partial charge is 0.319 e. The normalized spacial score (nSPS) is 10.9. The Labute approximate surface area is 115 Å². The van der Waals surface area contributed by atoms with Crippen molar-refractivity contribution in [2.75, 3.05) is 20.7 Å². The quantitative estimate of drug-likeness (QED) is 0.787. The molecule has 2 rings (SSSR count). The highest BCUT2D eigenvalue weighted by molar-refractivity contribution is 7.13. The minimum atomic E-state index is -0.262.